The molecule has 0 bridgehead atoms. The molecule has 1 aliphatic heterocycles. The van der Waals surface area contributed by atoms with E-state index in [1.54, 1.807) is 0 Å². The summed E-state index contributed by atoms with van der Waals surface area (Å²) < 4.78 is 13.3. The molecule has 1 saturated heterocycles. The zero-order valence-electron chi connectivity index (χ0n) is 15.5. The van der Waals surface area contributed by atoms with Crippen LogP contribution in [0.1, 0.15) is 42.6 Å². The van der Waals surface area contributed by atoms with Gasteiger partial charge in [-0.3, -0.25) is 0 Å². The van der Waals surface area contributed by atoms with E-state index in [0.717, 1.165) is 31.4 Å². The van der Waals surface area contributed by atoms with Gasteiger partial charge >= 0.3 is 0 Å². The van der Waals surface area contributed by atoms with E-state index in [9.17, 15) is 10.2 Å². The van der Waals surface area contributed by atoms with Crippen LogP contribution in [-0.4, -0.2) is 35.6 Å². The van der Waals surface area contributed by atoms with Gasteiger partial charge in [-0.05, 0) is 80.1 Å². The summed E-state index contributed by atoms with van der Waals surface area (Å²) in [6, 6.07) is 9.87. The van der Waals surface area contributed by atoms with Crippen molar-refractivity contribution in [2.75, 3.05) is 13.2 Å². The van der Waals surface area contributed by atoms with Crippen molar-refractivity contribution in [1.29, 1.82) is 0 Å². The number of ether oxygens (including phenoxy) is 2. The number of benzene rings is 2. The van der Waals surface area contributed by atoms with Crippen LogP contribution < -0.4 is 4.74 Å². The van der Waals surface area contributed by atoms with E-state index < -0.39 is 6.10 Å². The lowest BCUT2D eigenvalue weighted by molar-refractivity contribution is -0.113. The highest BCUT2D eigenvalue weighted by atomic mass is 79.9. The fraction of sp³-hybridized carbons (Fsp3) is 0.429. The molecule has 152 valence electrons. The number of halogens is 3. The summed E-state index contributed by atoms with van der Waals surface area (Å²) in [5, 5.41) is 20.2. The van der Waals surface area contributed by atoms with Crippen LogP contribution in [0.15, 0.2) is 39.3 Å². The first-order valence-electron chi connectivity index (χ1n) is 9.24. The Balaban J connectivity index is 1.84. The van der Waals surface area contributed by atoms with Crippen molar-refractivity contribution in [2.45, 2.75) is 44.5 Å². The van der Waals surface area contributed by atoms with E-state index in [4.69, 9.17) is 21.1 Å². The van der Waals surface area contributed by atoms with E-state index in [2.05, 4.69) is 31.9 Å². The highest BCUT2D eigenvalue weighted by molar-refractivity contribution is 9.11. The summed E-state index contributed by atoms with van der Waals surface area (Å²) in [4.78, 5) is 0. The molecule has 2 aromatic carbocycles. The Morgan fingerprint density at radius 2 is 1.89 bits per heavy atom. The van der Waals surface area contributed by atoms with Gasteiger partial charge in [-0.25, -0.2) is 0 Å². The average molecular weight is 535 g/mol. The lowest BCUT2D eigenvalue weighted by Gasteiger charge is -2.32. The zero-order valence-corrected chi connectivity index (χ0v) is 19.4. The Morgan fingerprint density at radius 1 is 1.18 bits per heavy atom. The molecule has 2 aromatic rings. The summed E-state index contributed by atoms with van der Waals surface area (Å²) in [6.45, 7) is 2.44. The van der Waals surface area contributed by atoms with Crippen LogP contribution in [-0.2, 0) is 11.2 Å². The van der Waals surface area contributed by atoms with Crippen molar-refractivity contribution >= 4 is 43.5 Å². The Bertz CT molecular complexity index is 807. The Kier molecular flexibility index (Phi) is 7.81. The molecule has 1 heterocycles. The molecule has 0 spiro atoms. The average Bonchev–Trinajstić information content (AvgIpc) is 2.66. The number of aliphatic hydroxyl groups excluding tert-OH is 2. The largest absolute Gasteiger partial charge is 0.492 e. The summed E-state index contributed by atoms with van der Waals surface area (Å²) >= 11 is 13.6. The normalized spacial score (nSPS) is 22.3. The minimum absolute atomic E-state index is 0.0950. The maximum atomic E-state index is 10.1. The molecule has 3 unspecified atom stereocenters. The maximum Gasteiger partial charge on any atom is 0.147 e. The lowest BCUT2D eigenvalue weighted by Crippen LogP contribution is -2.33. The zero-order chi connectivity index (χ0) is 20.3. The molecule has 0 radical (unpaired) electrons. The molecular formula is C21H23Br2ClO4. The van der Waals surface area contributed by atoms with Gasteiger partial charge in [0.2, 0.25) is 0 Å². The van der Waals surface area contributed by atoms with Gasteiger partial charge in [-0.2, -0.15) is 0 Å². The molecule has 0 aliphatic carbocycles. The van der Waals surface area contributed by atoms with Crippen LogP contribution in [0.25, 0.3) is 0 Å². The standard InChI is InChI=1S/C21H23Br2ClO4/c1-2-27-21-17(22)6-12(7-18(21)23)5-14-8-13(3-4-19(14)24)20-10-15(26)9-16(11-25)28-20/h3-4,6-8,15-16,20,25-26H,2,5,9-11H2,1H3. The Labute approximate surface area is 187 Å². The molecule has 0 aromatic heterocycles. The fourth-order valence-corrected chi connectivity index (χ4v) is 5.16. The van der Waals surface area contributed by atoms with E-state index in [1.807, 2.05) is 37.3 Å². The topological polar surface area (TPSA) is 58.9 Å². The minimum Gasteiger partial charge on any atom is -0.492 e. The summed E-state index contributed by atoms with van der Waals surface area (Å²) in [5.74, 6) is 0.783. The van der Waals surface area contributed by atoms with Crippen LogP contribution in [0.2, 0.25) is 5.02 Å². The van der Waals surface area contributed by atoms with Crippen LogP contribution in [0.4, 0.5) is 0 Å². The molecule has 3 atom stereocenters. The smallest absolute Gasteiger partial charge is 0.147 e. The van der Waals surface area contributed by atoms with Crippen molar-refractivity contribution in [3.05, 3.63) is 61.0 Å². The molecule has 28 heavy (non-hydrogen) atoms. The number of hydrogen-bond acceptors (Lipinski definition) is 4. The van der Waals surface area contributed by atoms with E-state index in [-0.39, 0.29) is 18.8 Å². The Morgan fingerprint density at radius 3 is 2.54 bits per heavy atom. The SMILES string of the molecule is CCOc1c(Br)cc(Cc2cc(C3CC(O)CC(CO)O3)ccc2Cl)cc1Br. The molecule has 1 aliphatic rings. The third-order valence-electron chi connectivity index (χ3n) is 4.76. The summed E-state index contributed by atoms with van der Waals surface area (Å²) in [7, 11) is 0. The highest BCUT2D eigenvalue weighted by Gasteiger charge is 2.29. The van der Waals surface area contributed by atoms with E-state index in [0.29, 0.717) is 30.9 Å². The van der Waals surface area contributed by atoms with Crippen molar-refractivity contribution in [3.8, 4) is 5.75 Å². The first-order chi connectivity index (χ1) is 13.4. The quantitative estimate of drug-likeness (QED) is 0.519. The lowest BCUT2D eigenvalue weighted by atomic mass is 9.94. The number of rotatable bonds is 6. The predicted molar refractivity (Wildman–Crippen MR) is 117 cm³/mol. The number of hydrogen-bond donors (Lipinski definition) is 2. The van der Waals surface area contributed by atoms with Gasteiger partial charge < -0.3 is 19.7 Å². The second kappa shape index (κ2) is 9.92. The summed E-state index contributed by atoms with van der Waals surface area (Å²) in [5.41, 5.74) is 3.02. The van der Waals surface area contributed by atoms with Gasteiger partial charge in [-0.1, -0.05) is 23.7 Å². The molecule has 7 heteroatoms. The van der Waals surface area contributed by atoms with E-state index in [1.165, 1.54) is 0 Å². The number of aliphatic hydroxyl groups is 2. The van der Waals surface area contributed by atoms with Gasteiger partial charge in [0, 0.05) is 17.9 Å². The molecule has 2 N–H and O–H groups in total. The predicted octanol–water partition coefficient (Wildman–Crippen LogP) is 5.43. The maximum absolute atomic E-state index is 10.1. The third-order valence-corrected chi connectivity index (χ3v) is 6.31. The van der Waals surface area contributed by atoms with Crippen LogP contribution >= 0.6 is 43.5 Å². The monoisotopic (exact) mass is 532 g/mol. The van der Waals surface area contributed by atoms with Crippen molar-refractivity contribution < 1.29 is 19.7 Å². The third kappa shape index (κ3) is 5.29. The molecular weight excluding hydrogens is 511 g/mol. The van der Waals surface area contributed by atoms with Gasteiger partial charge in [0.25, 0.3) is 0 Å². The molecule has 4 nitrogen and oxygen atoms in total. The van der Waals surface area contributed by atoms with Crippen LogP contribution in [0.5, 0.6) is 5.75 Å². The van der Waals surface area contributed by atoms with Crippen LogP contribution in [0.3, 0.4) is 0 Å². The van der Waals surface area contributed by atoms with Crippen molar-refractivity contribution in [1.82, 2.24) is 0 Å². The van der Waals surface area contributed by atoms with Gasteiger partial charge in [0.1, 0.15) is 5.75 Å². The molecule has 0 saturated carbocycles. The summed E-state index contributed by atoms with van der Waals surface area (Å²) in [6.07, 6.45) is 0.545. The highest BCUT2D eigenvalue weighted by Crippen LogP contribution is 2.37. The molecule has 0 amide bonds. The minimum atomic E-state index is -0.479. The second-order valence-electron chi connectivity index (χ2n) is 6.90. The Hall–Kier alpha value is -0.630. The molecule has 3 rings (SSSR count). The fourth-order valence-electron chi connectivity index (χ4n) is 3.47. The van der Waals surface area contributed by atoms with Gasteiger partial charge in [0.05, 0.1) is 40.5 Å². The van der Waals surface area contributed by atoms with Gasteiger partial charge in [-0.15, -0.1) is 0 Å². The first kappa shape index (κ1) is 22.1. The first-order valence-corrected chi connectivity index (χ1v) is 11.2. The second-order valence-corrected chi connectivity index (χ2v) is 9.02. The van der Waals surface area contributed by atoms with Crippen LogP contribution in [0, 0.1) is 0 Å². The van der Waals surface area contributed by atoms with Gasteiger partial charge in [0.15, 0.2) is 0 Å². The van der Waals surface area contributed by atoms with Crippen molar-refractivity contribution in [2.24, 2.45) is 0 Å². The molecule has 1 fully saturated rings. The van der Waals surface area contributed by atoms with E-state index >= 15 is 0 Å². The van der Waals surface area contributed by atoms with Crippen molar-refractivity contribution in [3.63, 3.8) is 0 Å².